The van der Waals surface area contributed by atoms with E-state index in [-0.39, 0.29) is 6.10 Å². The third-order valence-electron chi connectivity index (χ3n) is 5.40. The van der Waals surface area contributed by atoms with Gasteiger partial charge < -0.3 is 10.1 Å². The number of anilines is 2. The van der Waals surface area contributed by atoms with Gasteiger partial charge in [0.05, 0.1) is 12.7 Å². The molecular formula is C25H29N3O. The zero-order chi connectivity index (χ0) is 20.1. The van der Waals surface area contributed by atoms with Crippen molar-refractivity contribution in [1.29, 1.82) is 0 Å². The fourth-order valence-corrected chi connectivity index (χ4v) is 3.82. The molecule has 1 aliphatic rings. The summed E-state index contributed by atoms with van der Waals surface area (Å²) in [5.74, 6) is 1.35. The molecule has 1 aliphatic heterocycles. The highest BCUT2D eigenvalue weighted by molar-refractivity contribution is 5.61. The highest BCUT2D eigenvalue weighted by Gasteiger charge is 2.21. The fraction of sp³-hybridized carbons (Fsp3) is 0.320. The molecule has 4 heteroatoms. The van der Waals surface area contributed by atoms with Crippen LogP contribution >= 0.6 is 0 Å². The molecule has 1 saturated heterocycles. The van der Waals surface area contributed by atoms with E-state index < -0.39 is 0 Å². The fourth-order valence-electron chi connectivity index (χ4n) is 3.82. The third kappa shape index (κ3) is 5.03. The first-order chi connectivity index (χ1) is 14.2. The molecule has 1 fully saturated rings. The van der Waals surface area contributed by atoms with E-state index >= 15 is 0 Å². The second-order valence-electron chi connectivity index (χ2n) is 7.92. The second kappa shape index (κ2) is 9.21. The Hall–Kier alpha value is -2.69. The van der Waals surface area contributed by atoms with Gasteiger partial charge >= 0.3 is 0 Å². The Morgan fingerprint density at radius 3 is 2.59 bits per heavy atom. The summed E-state index contributed by atoms with van der Waals surface area (Å²) in [6.45, 7) is 7.93. The van der Waals surface area contributed by atoms with E-state index in [0.717, 1.165) is 37.7 Å². The van der Waals surface area contributed by atoms with Crippen molar-refractivity contribution in [2.24, 2.45) is 0 Å². The van der Waals surface area contributed by atoms with Gasteiger partial charge in [-0.15, -0.1) is 0 Å². The van der Waals surface area contributed by atoms with Crippen molar-refractivity contribution < 1.29 is 4.74 Å². The van der Waals surface area contributed by atoms with Crippen LogP contribution in [0, 0.1) is 0 Å². The minimum absolute atomic E-state index is 0.145. The van der Waals surface area contributed by atoms with E-state index in [1.807, 2.05) is 12.3 Å². The average Bonchev–Trinajstić information content (AvgIpc) is 2.76. The van der Waals surface area contributed by atoms with E-state index in [9.17, 15) is 0 Å². The summed E-state index contributed by atoms with van der Waals surface area (Å²) in [6.07, 6.45) is 2.12. The van der Waals surface area contributed by atoms with Gasteiger partial charge in [-0.25, -0.2) is 4.98 Å². The molecular weight excluding hydrogens is 358 g/mol. The van der Waals surface area contributed by atoms with Crippen LogP contribution in [0.25, 0.3) is 0 Å². The largest absolute Gasteiger partial charge is 0.371 e. The van der Waals surface area contributed by atoms with Gasteiger partial charge in [-0.3, -0.25) is 4.90 Å². The molecule has 1 atom stereocenters. The molecule has 29 heavy (non-hydrogen) atoms. The lowest BCUT2D eigenvalue weighted by molar-refractivity contribution is -0.0329. The van der Waals surface area contributed by atoms with Crippen LogP contribution in [-0.2, 0) is 11.3 Å². The molecule has 1 unspecified atom stereocenters. The van der Waals surface area contributed by atoms with Gasteiger partial charge in [0.2, 0.25) is 0 Å². The molecule has 4 rings (SSSR count). The first kappa shape index (κ1) is 19.6. The lowest BCUT2D eigenvalue weighted by Crippen LogP contribution is -2.37. The van der Waals surface area contributed by atoms with Crippen LogP contribution < -0.4 is 5.32 Å². The van der Waals surface area contributed by atoms with Crippen LogP contribution in [0.5, 0.6) is 0 Å². The molecule has 0 spiro atoms. The summed E-state index contributed by atoms with van der Waals surface area (Å²) >= 11 is 0. The van der Waals surface area contributed by atoms with Gasteiger partial charge in [-0.1, -0.05) is 68.4 Å². The van der Waals surface area contributed by atoms with Crippen molar-refractivity contribution in [1.82, 2.24) is 9.88 Å². The first-order valence-electron chi connectivity index (χ1n) is 10.4. The highest BCUT2D eigenvalue weighted by atomic mass is 16.5. The van der Waals surface area contributed by atoms with Crippen molar-refractivity contribution in [3.05, 3.63) is 89.6 Å². The van der Waals surface area contributed by atoms with Crippen molar-refractivity contribution in [3.8, 4) is 0 Å². The number of benzene rings is 2. The number of nitrogens with zero attached hydrogens (tertiary/aromatic N) is 2. The molecule has 0 bridgehead atoms. The molecule has 0 aliphatic carbocycles. The van der Waals surface area contributed by atoms with Crippen molar-refractivity contribution in [3.63, 3.8) is 0 Å². The van der Waals surface area contributed by atoms with E-state index in [1.165, 1.54) is 16.7 Å². The Bertz CT molecular complexity index is 909. The monoisotopic (exact) mass is 387 g/mol. The summed E-state index contributed by atoms with van der Waals surface area (Å²) in [7, 11) is 0. The van der Waals surface area contributed by atoms with Gasteiger partial charge in [-0.05, 0) is 34.7 Å². The van der Waals surface area contributed by atoms with Crippen LogP contribution in [0.2, 0.25) is 0 Å². The van der Waals surface area contributed by atoms with Gasteiger partial charge in [0, 0.05) is 31.5 Å². The SMILES string of the molecule is CC(C)c1ccccc1Nc1ccc(CN2CCOC(c3ccccc3)C2)cn1. The van der Waals surface area contributed by atoms with Gasteiger partial charge in [0.25, 0.3) is 0 Å². The quantitative estimate of drug-likeness (QED) is 0.604. The number of ether oxygens (including phenoxy) is 1. The number of hydrogen-bond donors (Lipinski definition) is 1. The summed E-state index contributed by atoms with van der Waals surface area (Å²) < 4.78 is 5.98. The summed E-state index contributed by atoms with van der Waals surface area (Å²) in [4.78, 5) is 7.09. The molecule has 1 aromatic heterocycles. The predicted octanol–water partition coefficient (Wildman–Crippen LogP) is 5.52. The Morgan fingerprint density at radius 1 is 1.03 bits per heavy atom. The highest BCUT2D eigenvalue weighted by Crippen LogP contribution is 2.27. The number of nitrogens with one attached hydrogen (secondary N) is 1. The molecule has 4 nitrogen and oxygen atoms in total. The number of rotatable bonds is 6. The van der Waals surface area contributed by atoms with Gasteiger partial charge in [0.15, 0.2) is 0 Å². The lowest BCUT2D eigenvalue weighted by atomic mass is 10.0. The predicted molar refractivity (Wildman–Crippen MR) is 118 cm³/mol. The van der Waals surface area contributed by atoms with Gasteiger partial charge in [0.1, 0.15) is 5.82 Å². The van der Waals surface area contributed by atoms with Gasteiger partial charge in [-0.2, -0.15) is 0 Å². The molecule has 1 N–H and O–H groups in total. The minimum Gasteiger partial charge on any atom is -0.371 e. The maximum absolute atomic E-state index is 5.98. The standard InChI is InChI=1S/C25H29N3O/c1-19(2)22-10-6-7-11-23(22)27-25-13-12-20(16-26-25)17-28-14-15-29-24(18-28)21-8-4-3-5-9-21/h3-13,16,19,24H,14-15,17-18H2,1-2H3,(H,26,27). The number of hydrogen-bond acceptors (Lipinski definition) is 4. The number of morpholine rings is 1. The molecule has 2 aromatic carbocycles. The minimum atomic E-state index is 0.145. The molecule has 150 valence electrons. The van der Waals surface area contributed by atoms with Crippen molar-refractivity contribution in [2.45, 2.75) is 32.4 Å². The maximum atomic E-state index is 5.98. The van der Waals surface area contributed by atoms with Crippen LogP contribution in [0.1, 0.15) is 42.6 Å². The van der Waals surface area contributed by atoms with Crippen molar-refractivity contribution >= 4 is 11.5 Å². The average molecular weight is 388 g/mol. The summed E-state index contributed by atoms with van der Waals surface area (Å²) in [5, 5.41) is 3.47. The van der Waals surface area contributed by atoms with Crippen LogP contribution in [0.4, 0.5) is 11.5 Å². The number of para-hydroxylation sites is 1. The Balaban J connectivity index is 1.38. The van der Waals surface area contributed by atoms with E-state index in [4.69, 9.17) is 4.74 Å². The molecule has 0 amide bonds. The lowest BCUT2D eigenvalue weighted by Gasteiger charge is -2.33. The Morgan fingerprint density at radius 2 is 1.83 bits per heavy atom. The van der Waals surface area contributed by atoms with E-state index in [2.05, 4.69) is 89.7 Å². The zero-order valence-corrected chi connectivity index (χ0v) is 17.2. The maximum Gasteiger partial charge on any atom is 0.130 e. The molecule has 2 heterocycles. The Kier molecular flexibility index (Phi) is 6.23. The molecule has 0 saturated carbocycles. The molecule has 0 radical (unpaired) electrons. The normalized spacial score (nSPS) is 17.4. The van der Waals surface area contributed by atoms with E-state index in [1.54, 1.807) is 0 Å². The Labute approximate surface area is 173 Å². The van der Waals surface area contributed by atoms with E-state index in [0.29, 0.717) is 5.92 Å². The van der Waals surface area contributed by atoms with Crippen LogP contribution in [0.15, 0.2) is 72.9 Å². The topological polar surface area (TPSA) is 37.4 Å². The van der Waals surface area contributed by atoms with Crippen LogP contribution in [0.3, 0.4) is 0 Å². The van der Waals surface area contributed by atoms with Crippen molar-refractivity contribution in [2.75, 3.05) is 25.0 Å². The smallest absolute Gasteiger partial charge is 0.130 e. The number of pyridine rings is 1. The first-order valence-corrected chi connectivity index (χ1v) is 10.4. The number of aromatic nitrogens is 1. The third-order valence-corrected chi connectivity index (χ3v) is 5.40. The summed E-state index contributed by atoms with van der Waals surface area (Å²) in [6, 6.07) is 23.1. The summed E-state index contributed by atoms with van der Waals surface area (Å²) in [5.41, 5.74) is 4.90. The molecule has 3 aromatic rings. The van der Waals surface area contributed by atoms with Crippen LogP contribution in [-0.4, -0.2) is 29.6 Å². The second-order valence-corrected chi connectivity index (χ2v) is 7.92. The zero-order valence-electron chi connectivity index (χ0n) is 17.2.